The third-order valence-corrected chi connectivity index (χ3v) is 3.48. The van der Waals surface area contributed by atoms with Gasteiger partial charge in [-0.3, -0.25) is 4.79 Å². The normalized spacial score (nSPS) is 17.6. The number of nitrogens with zero attached hydrogens (tertiary/aromatic N) is 2. The van der Waals surface area contributed by atoms with Crippen molar-refractivity contribution in [3.05, 3.63) is 25.8 Å². The van der Waals surface area contributed by atoms with Gasteiger partial charge in [0.1, 0.15) is 4.60 Å². The first-order valence-corrected chi connectivity index (χ1v) is 6.21. The lowest BCUT2D eigenvalue weighted by Crippen LogP contribution is -2.24. The van der Waals surface area contributed by atoms with E-state index in [4.69, 9.17) is 0 Å². The Morgan fingerprint density at radius 3 is 2.64 bits per heavy atom. The van der Waals surface area contributed by atoms with Gasteiger partial charge in [0, 0.05) is 12.2 Å². The van der Waals surface area contributed by atoms with E-state index in [0.717, 1.165) is 12.8 Å². The summed E-state index contributed by atoms with van der Waals surface area (Å²) in [6.07, 6.45) is 6.41. The number of hydrogen-bond donors (Lipinski definition) is 0. The molecule has 0 aliphatic heterocycles. The highest BCUT2D eigenvalue weighted by molar-refractivity contribution is 9.11. The minimum atomic E-state index is -0.0277. The Balaban J connectivity index is 2.46. The van der Waals surface area contributed by atoms with Gasteiger partial charge in [-0.2, -0.15) is 0 Å². The Morgan fingerprint density at radius 1 is 1.36 bits per heavy atom. The maximum atomic E-state index is 11.7. The molecule has 1 aliphatic rings. The average molecular weight is 322 g/mol. The first-order valence-electron chi connectivity index (χ1n) is 4.62. The van der Waals surface area contributed by atoms with E-state index in [-0.39, 0.29) is 5.56 Å². The summed E-state index contributed by atoms with van der Waals surface area (Å²) in [4.78, 5) is 15.7. The summed E-state index contributed by atoms with van der Waals surface area (Å²) < 4.78 is 2.88. The molecule has 1 aromatic heterocycles. The van der Waals surface area contributed by atoms with Crippen molar-refractivity contribution in [2.75, 3.05) is 0 Å². The fourth-order valence-corrected chi connectivity index (χ4v) is 2.94. The van der Waals surface area contributed by atoms with Gasteiger partial charge in [-0.25, -0.2) is 4.98 Å². The topological polar surface area (TPSA) is 34.9 Å². The maximum absolute atomic E-state index is 11.7. The molecule has 0 radical (unpaired) electrons. The van der Waals surface area contributed by atoms with Crippen molar-refractivity contribution >= 4 is 31.9 Å². The van der Waals surface area contributed by atoms with E-state index < -0.39 is 0 Å². The lowest BCUT2D eigenvalue weighted by Gasteiger charge is -2.13. The number of halogens is 2. The zero-order valence-electron chi connectivity index (χ0n) is 7.54. The Bertz CT molecular complexity index is 396. The molecule has 1 saturated carbocycles. The van der Waals surface area contributed by atoms with Crippen molar-refractivity contribution in [2.24, 2.45) is 0 Å². The second-order valence-electron chi connectivity index (χ2n) is 3.51. The largest absolute Gasteiger partial charge is 0.307 e. The smallest absolute Gasteiger partial charge is 0.283 e. The average Bonchev–Trinajstić information content (AvgIpc) is 2.63. The zero-order chi connectivity index (χ0) is 10.1. The van der Waals surface area contributed by atoms with Gasteiger partial charge in [0.2, 0.25) is 0 Å². The molecule has 1 aromatic rings. The third-order valence-electron chi connectivity index (χ3n) is 2.58. The van der Waals surface area contributed by atoms with Crippen molar-refractivity contribution in [1.29, 1.82) is 0 Å². The first kappa shape index (κ1) is 10.4. The molecule has 0 spiro atoms. The van der Waals surface area contributed by atoms with Gasteiger partial charge in [-0.05, 0) is 44.7 Å². The number of hydrogen-bond acceptors (Lipinski definition) is 2. The molecule has 14 heavy (non-hydrogen) atoms. The number of rotatable bonds is 1. The van der Waals surface area contributed by atoms with Crippen LogP contribution in [0.5, 0.6) is 0 Å². The van der Waals surface area contributed by atoms with Gasteiger partial charge >= 0.3 is 0 Å². The molecule has 76 valence electrons. The predicted molar refractivity (Wildman–Crippen MR) is 61.4 cm³/mol. The van der Waals surface area contributed by atoms with E-state index >= 15 is 0 Å². The fourth-order valence-electron chi connectivity index (χ4n) is 1.90. The molecule has 0 atom stereocenters. The Kier molecular flexibility index (Phi) is 3.07. The summed E-state index contributed by atoms with van der Waals surface area (Å²) in [5.74, 6) is 0. The van der Waals surface area contributed by atoms with E-state index in [9.17, 15) is 4.79 Å². The van der Waals surface area contributed by atoms with Crippen LogP contribution < -0.4 is 5.56 Å². The second kappa shape index (κ2) is 4.14. The highest BCUT2D eigenvalue weighted by atomic mass is 79.9. The molecule has 1 aliphatic carbocycles. The molecule has 0 amide bonds. The second-order valence-corrected chi connectivity index (χ2v) is 5.07. The lowest BCUT2D eigenvalue weighted by molar-refractivity contribution is 0.496. The lowest BCUT2D eigenvalue weighted by atomic mass is 10.2. The molecule has 0 N–H and O–H groups in total. The van der Waals surface area contributed by atoms with Gasteiger partial charge in [0.15, 0.2) is 4.60 Å². The molecule has 1 heterocycles. The van der Waals surface area contributed by atoms with Gasteiger partial charge in [0.25, 0.3) is 5.56 Å². The molecular weight excluding hydrogens is 312 g/mol. The molecule has 2 rings (SSSR count). The molecule has 0 saturated heterocycles. The van der Waals surface area contributed by atoms with Crippen LogP contribution in [0.4, 0.5) is 0 Å². The van der Waals surface area contributed by atoms with Crippen LogP contribution in [0.3, 0.4) is 0 Å². The van der Waals surface area contributed by atoms with Crippen LogP contribution in [0, 0.1) is 0 Å². The van der Waals surface area contributed by atoms with E-state index in [0.29, 0.717) is 15.2 Å². The molecule has 0 unspecified atom stereocenters. The van der Waals surface area contributed by atoms with Crippen molar-refractivity contribution < 1.29 is 0 Å². The van der Waals surface area contributed by atoms with E-state index in [2.05, 4.69) is 36.8 Å². The van der Waals surface area contributed by atoms with Gasteiger partial charge in [-0.15, -0.1) is 0 Å². The van der Waals surface area contributed by atoms with Crippen molar-refractivity contribution in [1.82, 2.24) is 9.55 Å². The predicted octanol–water partition coefficient (Wildman–Crippen LogP) is 2.88. The SMILES string of the molecule is O=c1c(Br)nc(Br)cn1C1CCCC1. The number of aromatic nitrogens is 2. The highest BCUT2D eigenvalue weighted by Crippen LogP contribution is 2.28. The standard InChI is InChI=1S/C9H10Br2N2O/c10-7-5-13(6-3-1-2-4-6)9(14)8(11)12-7/h5-6H,1-4H2. The minimum absolute atomic E-state index is 0.0277. The first-order chi connectivity index (χ1) is 6.68. The van der Waals surface area contributed by atoms with Crippen LogP contribution in [0.15, 0.2) is 20.2 Å². The van der Waals surface area contributed by atoms with E-state index in [1.165, 1.54) is 12.8 Å². The van der Waals surface area contributed by atoms with Crippen LogP contribution >= 0.6 is 31.9 Å². The third kappa shape index (κ3) is 1.93. The Labute approximate surface area is 98.8 Å². The van der Waals surface area contributed by atoms with Gasteiger partial charge in [-0.1, -0.05) is 12.8 Å². The van der Waals surface area contributed by atoms with E-state index in [1.807, 2.05) is 0 Å². The van der Waals surface area contributed by atoms with Gasteiger partial charge in [0.05, 0.1) is 0 Å². The quantitative estimate of drug-likeness (QED) is 0.797. The van der Waals surface area contributed by atoms with Crippen molar-refractivity contribution in [2.45, 2.75) is 31.7 Å². The molecule has 5 heteroatoms. The monoisotopic (exact) mass is 320 g/mol. The van der Waals surface area contributed by atoms with Crippen LogP contribution in [-0.4, -0.2) is 9.55 Å². The summed E-state index contributed by atoms with van der Waals surface area (Å²) in [5, 5.41) is 0. The fraction of sp³-hybridized carbons (Fsp3) is 0.556. The zero-order valence-corrected chi connectivity index (χ0v) is 10.7. The van der Waals surface area contributed by atoms with Crippen LogP contribution in [0.2, 0.25) is 0 Å². The molecule has 3 nitrogen and oxygen atoms in total. The summed E-state index contributed by atoms with van der Waals surface area (Å²) in [5.41, 5.74) is -0.0277. The molecule has 1 fully saturated rings. The minimum Gasteiger partial charge on any atom is -0.307 e. The van der Waals surface area contributed by atoms with Crippen LogP contribution in [0.25, 0.3) is 0 Å². The molecule has 0 aromatic carbocycles. The summed E-state index contributed by atoms with van der Waals surface area (Å²) >= 11 is 6.46. The van der Waals surface area contributed by atoms with Gasteiger partial charge < -0.3 is 4.57 Å². The van der Waals surface area contributed by atoms with Crippen molar-refractivity contribution in [3.8, 4) is 0 Å². The van der Waals surface area contributed by atoms with E-state index in [1.54, 1.807) is 10.8 Å². The van der Waals surface area contributed by atoms with Crippen LogP contribution in [-0.2, 0) is 0 Å². The maximum Gasteiger partial charge on any atom is 0.283 e. The summed E-state index contributed by atoms with van der Waals surface area (Å²) in [6.45, 7) is 0. The van der Waals surface area contributed by atoms with Crippen LogP contribution in [0.1, 0.15) is 31.7 Å². The summed E-state index contributed by atoms with van der Waals surface area (Å²) in [7, 11) is 0. The highest BCUT2D eigenvalue weighted by Gasteiger charge is 2.19. The Hall–Kier alpha value is -0.160. The summed E-state index contributed by atoms with van der Waals surface area (Å²) in [6, 6.07) is 0.359. The Morgan fingerprint density at radius 2 is 2.00 bits per heavy atom. The molecule has 0 bridgehead atoms. The molecular formula is C9H10Br2N2O. The van der Waals surface area contributed by atoms with Crippen molar-refractivity contribution in [3.63, 3.8) is 0 Å².